The van der Waals surface area contributed by atoms with Crippen LogP contribution in [0.2, 0.25) is 0 Å². The second-order valence-corrected chi connectivity index (χ2v) is 15.9. The molecular weight excluding hydrogens is 691 g/mol. The van der Waals surface area contributed by atoms with E-state index in [1.54, 1.807) is 13.2 Å². The van der Waals surface area contributed by atoms with Gasteiger partial charge in [0.05, 0.1) is 38.3 Å². The van der Waals surface area contributed by atoms with Crippen molar-refractivity contribution < 1.29 is 29.2 Å². The van der Waals surface area contributed by atoms with Crippen molar-refractivity contribution in [3.05, 3.63) is 113 Å². The number of aliphatic hydroxyl groups excluding tert-OH is 1. The number of dihydropyridines is 1. The third-order valence-electron chi connectivity index (χ3n) is 12.4. The molecule has 4 aliphatic rings. The summed E-state index contributed by atoms with van der Waals surface area (Å²) in [5.74, 6) is 1.86. The maximum Gasteiger partial charge on any atom is 0.161 e. The first-order chi connectivity index (χ1) is 26.9. The second kappa shape index (κ2) is 16.9. The summed E-state index contributed by atoms with van der Waals surface area (Å²) in [6.45, 7) is 4.78. The molecule has 1 aromatic heterocycles. The lowest BCUT2D eigenvalue weighted by atomic mass is 9.57. The molecule has 9 heteroatoms. The Hall–Kier alpha value is -4.12. The van der Waals surface area contributed by atoms with E-state index in [9.17, 15) is 10.2 Å². The first-order valence-electron chi connectivity index (χ1n) is 20.4. The average molecular weight is 748 g/mol. The number of ether oxygens (including phenoxy) is 4. The van der Waals surface area contributed by atoms with Crippen LogP contribution in [0.3, 0.4) is 0 Å². The van der Waals surface area contributed by atoms with Gasteiger partial charge in [0.1, 0.15) is 12.4 Å². The number of methoxy groups -OCH3 is 1. The zero-order valence-corrected chi connectivity index (χ0v) is 32.4. The minimum atomic E-state index is -0.513. The highest BCUT2D eigenvalue weighted by Gasteiger charge is 2.47. The largest absolute Gasteiger partial charge is 0.504 e. The Labute approximate surface area is 325 Å². The van der Waals surface area contributed by atoms with Gasteiger partial charge >= 0.3 is 0 Å². The van der Waals surface area contributed by atoms with Crippen LogP contribution in [-0.2, 0) is 39.1 Å². The summed E-state index contributed by atoms with van der Waals surface area (Å²) >= 11 is 0. The normalized spacial score (nSPS) is 25.7. The quantitative estimate of drug-likeness (QED) is 0.107. The van der Waals surface area contributed by atoms with Gasteiger partial charge in [-0.3, -0.25) is 5.32 Å². The van der Waals surface area contributed by atoms with E-state index in [1.807, 2.05) is 12.1 Å². The van der Waals surface area contributed by atoms with Crippen LogP contribution in [0, 0.1) is 5.92 Å². The van der Waals surface area contributed by atoms with Crippen LogP contribution in [0.25, 0.3) is 16.6 Å². The number of nitrogens with one attached hydrogen (secondary N) is 2. The number of hydrogen-bond donors (Lipinski definition) is 4. The summed E-state index contributed by atoms with van der Waals surface area (Å²) in [5, 5.41) is 31.6. The maximum atomic E-state index is 11.3. The molecule has 1 saturated heterocycles. The molecule has 1 aliphatic carbocycles. The SMILES string of the molecule is CCCCCC1CC(O)CCc2ccc(O)c(c2)OCc2cc(C34CCOCC3CCc3ccccc34)cc3cn(cc23)C2=C(C=CC(NCOC)N2)CO1. The molecule has 3 aliphatic heterocycles. The van der Waals surface area contributed by atoms with Gasteiger partial charge in [-0.1, -0.05) is 68.7 Å². The Balaban J connectivity index is 1.27. The van der Waals surface area contributed by atoms with E-state index in [2.05, 4.69) is 83.1 Å². The number of phenolic OH excluding ortho intramolecular Hbond substituents is 1. The van der Waals surface area contributed by atoms with Crippen molar-refractivity contribution in [3.63, 3.8) is 0 Å². The smallest absolute Gasteiger partial charge is 0.161 e. The zero-order valence-electron chi connectivity index (χ0n) is 32.4. The highest BCUT2D eigenvalue weighted by molar-refractivity contribution is 5.88. The first-order valence-corrected chi connectivity index (χ1v) is 20.4. The Morgan fingerprint density at radius 2 is 1.93 bits per heavy atom. The fourth-order valence-corrected chi connectivity index (χ4v) is 9.43. The number of aromatic hydroxyl groups is 1. The summed E-state index contributed by atoms with van der Waals surface area (Å²) < 4.78 is 27.0. The number of aliphatic hydroxyl groups is 1. The molecular formula is C46H57N3O6. The maximum absolute atomic E-state index is 11.3. The Morgan fingerprint density at radius 3 is 2.82 bits per heavy atom. The first kappa shape index (κ1) is 37.8. The summed E-state index contributed by atoms with van der Waals surface area (Å²) in [7, 11) is 1.69. The van der Waals surface area contributed by atoms with Gasteiger partial charge in [0.25, 0.3) is 0 Å². The molecule has 5 unspecified atom stereocenters. The second-order valence-electron chi connectivity index (χ2n) is 15.9. The number of fused-ring (bicyclic) bond motifs is 7. The Bertz CT molecular complexity index is 2020. The topological polar surface area (TPSA) is 106 Å². The van der Waals surface area contributed by atoms with Gasteiger partial charge in [-0.15, -0.1) is 0 Å². The van der Waals surface area contributed by atoms with Gasteiger partial charge in [-0.2, -0.15) is 0 Å². The lowest BCUT2D eigenvalue weighted by Gasteiger charge is -2.49. The van der Waals surface area contributed by atoms with Gasteiger partial charge in [-0.25, -0.2) is 0 Å². The van der Waals surface area contributed by atoms with Gasteiger partial charge in [0.2, 0.25) is 0 Å². The minimum absolute atomic E-state index is 0.0754. The van der Waals surface area contributed by atoms with Crippen molar-refractivity contribution in [1.29, 1.82) is 0 Å². The molecule has 4 bridgehead atoms. The number of phenols is 1. The molecule has 55 heavy (non-hydrogen) atoms. The van der Waals surface area contributed by atoms with E-state index < -0.39 is 6.10 Å². The molecule has 292 valence electrons. The molecule has 0 radical (unpaired) electrons. The van der Waals surface area contributed by atoms with Crippen LogP contribution >= 0.6 is 0 Å². The van der Waals surface area contributed by atoms with E-state index in [0.29, 0.717) is 50.9 Å². The molecule has 5 atom stereocenters. The number of unbranched alkanes of at least 4 members (excludes halogenated alkanes) is 2. The summed E-state index contributed by atoms with van der Waals surface area (Å²) in [4.78, 5) is 0. The molecule has 3 aromatic carbocycles. The third-order valence-corrected chi connectivity index (χ3v) is 12.4. The van der Waals surface area contributed by atoms with Gasteiger partial charge in [0, 0.05) is 47.9 Å². The highest BCUT2D eigenvalue weighted by atomic mass is 16.5. The van der Waals surface area contributed by atoms with E-state index >= 15 is 0 Å². The molecule has 4 heterocycles. The molecule has 0 spiro atoms. The van der Waals surface area contributed by atoms with Crippen molar-refractivity contribution >= 4 is 16.6 Å². The van der Waals surface area contributed by atoms with Crippen LogP contribution in [0.1, 0.15) is 86.1 Å². The fraction of sp³-hybridized carbons (Fsp3) is 0.478. The van der Waals surface area contributed by atoms with Crippen molar-refractivity contribution in [2.75, 3.05) is 33.7 Å². The number of hydrogen-bond acceptors (Lipinski definition) is 8. The Kier molecular flexibility index (Phi) is 11.6. The fourth-order valence-electron chi connectivity index (χ4n) is 9.43. The molecule has 1 fully saturated rings. The predicted octanol–water partition coefficient (Wildman–Crippen LogP) is 7.71. The van der Waals surface area contributed by atoms with Crippen molar-refractivity contribution in [3.8, 4) is 11.5 Å². The van der Waals surface area contributed by atoms with Gasteiger partial charge in [0.15, 0.2) is 11.5 Å². The van der Waals surface area contributed by atoms with E-state index in [0.717, 1.165) is 84.8 Å². The summed E-state index contributed by atoms with van der Waals surface area (Å²) in [5.41, 5.74) is 7.07. The lowest BCUT2D eigenvalue weighted by Crippen LogP contribution is -2.47. The number of benzene rings is 3. The molecule has 0 saturated carbocycles. The third kappa shape index (κ3) is 7.96. The van der Waals surface area contributed by atoms with E-state index in [-0.39, 0.29) is 30.0 Å². The number of nitrogens with zero attached hydrogens (tertiary/aromatic N) is 1. The average Bonchev–Trinajstić information content (AvgIpc) is 3.65. The lowest BCUT2D eigenvalue weighted by molar-refractivity contribution is 0.00498. The van der Waals surface area contributed by atoms with Crippen molar-refractivity contribution in [2.24, 2.45) is 5.92 Å². The monoisotopic (exact) mass is 747 g/mol. The summed E-state index contributed by atoms with van der Waals surface area (Å²) in [6.07, 6.45) is 17.1. The standard InChI is InChI=1S/C46H57N3O6/c1-3-4-5-9-39-24-38(50)16-11-31-12-17-42(51)43(21-31)55-28-35-23-37(46-19-20-53-29-36(46)15-13-32-8-6-7-10-41(32)46)22-34-25-49(26-40(34)35)45-33(27-54-39)14-18-44(48-45)47-30-52-2/h6-8,10,12,14,17-18,21-23,25-26,36,38-39,44,47-48,50-51H,3-5,9,11,13,15-16,19-20,24,27-30H2,1-2H3. The number of aryl methyl sites for hydroxylation is 2. The van der Waals surface area contributed by atoms with Crippen LogP contribution in [0.5, 0.6) is 11.5 Å². The van der Waals surface area contributed by atoms with Crippen molar-refractivity contribution in [1.82, 2.24) is 15.2 Å². The van der Waals surface area contributed by atoms with E-state index in [4.69, 9.17) is 18.9 Å². The number of rotatable bonds is 8. The summed E-state index contributed by atoms with van der Waals surface area (Å²) in [6, 6.07) is 19.3. The molecule has 8 rings (SSSR count). The van der Waals surface area contributed by atoms with Crippen LogP contribution < -0.4 is 15.4 Å². The molecule has 9 nitrogen and oxygen atoms in total. The predicted molar refractivity (Wildman–Crippen MR) is 216 cm³/mol. The van der Waals surface area contributed by atoms with Gasteiger partial charge < -0.3 is 39.0 Å². The molecule has 4 aromatic rings. The molecule has 0 amide bonds. The van der Waals surface area contributed by atoms with Crippen LogP contribution in [0.4, 0.5) is 0 Å². The highest BCUT2D eigenvalue weighted by Crippen LogP contribution is 2.51. The minimum Gasteiger partial charge on any atom is -0.504 e. The Morgan fingerprint density at radius 1 is 1.02 bits per heavy atom. The zero-order chi connectivity index (χ0) is 37.8. The van der Waals surface area contributed by atoms with E-state index in [1.165, 1.54) is 16.7 Å². The van der Waals surface area contributed by atoms with Crippen molar-refractivity contribution in [2.45, 2.75) is 102 Å². The van der Waals surface area contributed by atoms with Crippen LogP contribution in [0.15, 0.2) is 84.7 Å². The number of aromatic nitrogens is 1. The van der Waals surface area contributed by atoms with Gasteiger partial charge in [-0.05, 0) is 103 Å². The van der Waals surface area contributed by atoms with Crippen LogP contribution in [-0.4, -0.2) is 66.8 Å². The molecule has 4 N–H and O–H groups in total.